The highest BCUT2D eigenvalue weighted by Crippen LogP contribution is 2.22. The molecule has 58 heavy (non-hydrogen) atoms. The van der Waals surface area contributed by atoms with E-state index in [4.69, 9.17) is 89.1 Å². The van der Waals surface area contributed by atoms with Gasteiger partial charge in [0.2, 0.25) is 0 Å². The van der Waals surface area contributed by atoms with Crippen molar-refractivity contribution in [2.45, 2.75) is 12.5 Å². The van der Waals surface area contributed by atoms with Gasteiger partial charge < -0.3 is 89.1 Å². The van der Waals surface area contributed by atoms with Crippen molar-refractivity contribution in [1.29, 1.82) is 0 Å². The van der Waals surface area contributed by atoms with E-state index in [0.29, 0.717) is 204 Å². The molecule has 0 saturated carbocycles. The topological polar surface area (TPSA) is 175 Å². The molecule has 0 fully saturated rings. The molecule has 0 rings (SSSR count). The number of hydrogen-bond acceptors (Lipinski definition) is 19. The molecule has 0 aliphatic rings. The van der Waals surface area contributed by atoms with E-state index in [2.05, 4.69) is 0 Å². The maximum absolute atomic E-state index is 6.24. The van der Waals surface area contributed by atoms with E-state index in [1.165, 1.54) is 0 Å². The van der Waals surface area contributed by atoms with Crippen molar-refractivity contribution < 1.29 is 89.1 Å². The number of methoxy groups -OCH3 is 3. The molecule has 20 heteroatoms. The monoisotopic (exact) mass is 869 g/mol. The molecule has 0 heterocycles. The predicted molar refractivity (Wildman–Crippen MR) is 215 cm³/mol. The molecule has 0 radical (unpaired) electrons. The van der Waals surface area contributed by atoms with Gasteiger partial charge in [-0.2, -0.15) is 0 Å². The van der Waals surface area contributed by atoms with Gasteiger partial charge in [-0.05, 0) is 6.42 Å². The van der Waals surface area contributed by atoms with E-state index < -0.39 is 14.2 Å². The summed E-state index contributed by atoms with van der Waals surface area (Å²) in [7, 11) is 7.00. The Hall–Kier alpha value is -0.543. The van der Waals surface area contributed by atoms with Crippen LogP contribution in [-0.2, 0) is 89.1 Å². The van der Waals surface area contributed by atoms with Crippen LogP contribution in [0.2, 0.25) is 6.04 Å². The van der Waals surface area contributed by atoms with Crippen LogP contribution >= 0.6 is 0 Å². The Bertz CT molecular complexity index is 708. The Morgan fingerprint density at radius 1 is 0.259 bits per heavy atom. The summed E-state index contributed by atoms with van der Waals surface area (Å²) in [5.74, 6) is 0. The van der Waals surface area contributed by atoms with E-state index in [1.807, 2.05) is 0 Å². The third kappa shape index (κ3) is 37.2. The van der Waals surface area contributed by atoms with Gasteiger partial charge in [-0.3, -0.25) is 0 Å². The van der Waals surface area contributed by atoms with Crippen molar-refractivity contribution in [3.05, 3.63) is 0 Å². The molecule has 0 atom stereocenters. The predicted octanol–water partition coefficient (Wildman–Crippen LogP) is 1.40. The first kappa shape index (κ1) is 57.5. The summed E-state index contributed by atoms with van der Waals surface area (Å²) in [5.41, 5.74) is -0.637. The second kappa shape index (κ2) is 46.0. The van der Waals surface area contributed by atoms with Crippen LogP contribution in [0.4, 0.5) is 0 Å². The molecular formula is C38H80O19Si. The van der Waals surface area contributed by atoms with Crippen LogP contribution in [-0.4, -0.2) is 243 Å². The van der Waals surface area contributed by atoms with E-state index in [0.717, 1.165) is 0 Å². The minimum absolute atomic E-state index is 0.306. The largest absolute Gasteiger partial charge is 0.500 e. The molecule has 0 unspecified atom stereocenters. The molecule has 0 amide bonds. The molecule has 0 saturated heterocycles. The van der Waals surface area contributed by atoms with Gasteiger partial charge in [0, 0.05) is 55.3 Å². The van der Waals surface area contributed by atoms with Crippen molar-refractivity contribution >= 4 is 8.80 Å². The highest BCUT2D eigenvalue weighted by atomic mass is 28.4. The molecule has 0 aliphatic carbocycles. The zero-order chi connectivity index (χ0) is 42.4. The lowest BCUT2D eigenvalue weighted by Gasteiger charge is -2.33. The fourth-order valence-corrected chi connectivity index (χ4v) is 6.45. The Kier molecular flexibility index (Phi) is 45.5. The molecule has 0 N–H and O–H groups in total. The smallest absolute Gasteiger partial charge is 0.382 e. The lowest BCUT2D eigenvalue weighted by molar-refractivity contribution is -0.119. The van der Waals surface area contributed by atoms with Crippen LogP contribution in [0.3, 0.4) is 0 Å². The maximum atomic E-state index is 6.24. The van der Waals surface area contributed by atoms with Gasteiger partial charge in [-0.25, -0.2) is 0 Å². The van der Waals surface area contributed by atoms with Crippen molar-refractivity contribution in [3.8, 4) is 0 Å². The minimum Gasteiger partial charge on any atom is -0.382 e. The van der Waals surface area contributed by atoms with Crippen LogP contribution in [0, 0.1) is 5.41 Å². The van der Waals surface area contributed by atoms with Crippen LogP contribution in [0.15, 0.2) is 0 Å². The lowest BCUT2D eigenvalue weighted by atomic mass is 9.92. The first-order valence-electron chi connectivity index (χ1n) is 20.2. The molecule has 0 aromatic rings. The summed E-state index contributed by atoms with van der Waals surface area (Å²) >= 11 is 0. The number of hydrogen-bond donors (Lipinski definition) is 0. The minimum atomic E-state index is -2.72. The van der Waals surface area contributed by atoms with Crippen molar-refractivity contribution in [2.75, 3.05) is 234 Å². The number of ether oxygens (including phenoxy) is 16. The SMILES string of the molecule is COCCOCCOCCOCCOCC(COCCC[Si](OC)(OC)OC)(COCCOCCOCCOCCOC)COCCOCCOCCOCCOC. The summed E-state index contributed by atoms with van der Waals surface area (Å²) in [4.78, 5) is 0. The van der Waals surface area contributed by atoms with Crippen LogP contribution < -0.4 is 0 Å². The van der Waals surface area contributed by atoms with Crippen LogP contribution in [0.1, 0.15) is 6.42 Å². The summed E-state index contributed by atoms with van der Waals surface area (Å²) in [5, 5.41) is 0. The average Bonchev–Trinajstić information content (AvgIpc) is 3.24. The highest BCUT2D eigenvalue weighted by molar-refractivity contribution is 6.60. The van der Waals surface area contributed by atoms with Gasteiger partial charge in [-0.1, -0.05) is 0 Å². The molecule has 0 aromatic heterocycles. The van der Waals surface area contributed by atoms with Gasteiger partial charge >= 0.3 is 8.80 Å². The Morgan fingerprint density at radius 3 is 0.690 bits per heavy atom. The van der Waals surface area contributed by atoms with E-state index in [9.17, 15) is 0 Å². The van der Waals surface area contributed by atoms with Crippen molar-refractivity contribution in [2.24, 2.45) is 5.41 Å². The Morgan fingerprint density at radius 2 is 0.466 bits per heavy atom. The standard InChI is InChI=1S/C38H80O19Si/c1-39-9-12-45-15-18-48-21-24-51-27-30-55-35-38(34-54-8-7-33-58(42-4,43-5)44-6,36-56-31-28-52-25-22-49-19-16-46-13-10-40-2)37-57-32-29-53-26-23-50-20-17-47-14-11-41-3/h7-37H2,1-6H3. The zero-order valence-corrected chi connectivity index (χ0v) is 37.7. The fourth-order valence-electron chi connectivity index (χ4n) is 4.76. The van der Waals surface area contributed by atoms with Gasteiger partial charge in [0.15, 0.2) is 0 Å². The molecule has 350 valence electrons. The lowest BCUT2D eigenvalue weighted by Crippen LogP contribution is -2.43. The summed E-state index contributed by atoms with van der Waals surface area (Å²) < 4.78 is 106. The van der Waals surface area contributed by atoms with E-state index >= 15 is 0 Å². The molecule has 0 spiro atoms. The van der Waals surface area contributed by atoms with Gasteiger partial charge in [0.05, 0.1) is 190 Å². The highest BCUT2D eigenvalue weighted by Gasteiger charge is 2.37. The second-order valence-electron chi connectivity index (χ2n) is 12.6. The Balaban J connectivity index is 5.03. The molecule has 0 bridgehead atoms. The molecular weight excluding hydrogens is 788 g/mol. The first-order chi connectivity index (χ1) is 28.6. The molecule has 0 aromatic carbocycles. The second-order valence-corrected chi connectivity index (χ2v) is 15.7. The van der Waals surface area contributed by atoms with E-state index in [-0.39, 0.29) is 0 Å². The summed E-state index contributed by atoms with van der Waals surface area (Å²) in [6, 6.07) is 0.610. The van der Waals surface area contributed by atoms with Gasteiger partial charge in [0.25, 0.3) is 0 Å². The van der Waals surface area contributed by atoms with Crippen molar-refractivity contribution in [1.82, 2.24) is 0 Å². The fraction of sp³-hybridized carbons (Fsp3) is 1.00. The third-order valence-corrected chi connectivity index (χ3v) is 10.8. The zero-order valence-electron chi connectivity index (χ0n) is 36.7. The van der Waals surface area contributed by atoms with E-state index in [1.54, 1.807) is 42.7 Å². The molecule has 19 nitrogen and oxygen atoms in total. The molecule has 0 aliphatic heterocycles. The first-order valence-corrected chi connectivity index (χ1v) is 22.1. The van der Waals surface area contributed by atoms with Crippen molar-refractivity contribution in [3.63, 3.8) is 0 Å². The summed E-state index contributed by atoms with van der Waals surface area (Å²) in [6.45, 7) is 13.0. The van der Waals surface area contributed by atoms with Gasteiger partial charge in [-0.15, -0.1) is 0 Å². The maximum Gasteiger partial charge on any atom is 0.500 e. The van der Waals surface area contributed by atoms with Gasteiger partial charge in [0.1, 0.15) is 0 Å². The van der Waals surface area contributed by atoms with Crippen LogP contribution in [0.25, 0.3) is 0 Å². The summed E-state index contributed by atoms with van der Waals surface area (Å²) in [6.07, 6.45) is 0.681. The third-order valence-electron chi connectivity index (χ3n) is 7.98. The van der Waals surface area contributed by atoms with Crippen LogP contribution in [0.5, 0.6) is 0 Å². The quantitative estimate of drug-likeness (QED) is 0.0633. The Labute approximate surface area is 349 Å². The average molecular weight is 869 g/mol. The number of rotatable bonds is 51. The normalized spacial score (nSPS) is 12.3.